The number of hydroxylamine groups is 2. The molecule has 1 aromatic rings. The van der Waals surface area contributed by atoms with E-state index in [4.69, 9.17) is 10.4 Å². The lowest BCUT2D eigenvalue weighted by Crippen LogP contribution is -2.32. The summed E-state index contributed by atoms with van der Waals surface area (Å²) in [7, 11) is 0. The lowest BCUT2D eigenvalue weighted by Gasteiger charge is -2.12. The lowest BCUT2D eigenvalue weighted by molar-refractivity contribution is -0.172. The van der Waals surface area contributed by atoms with E-state index in [0.717, 1.165) is 12.0 Å². The Labute approximate surface area is 126 Å². The summed E-state index contributed by atoms with van der Waals surface area (Å²) in [6.07, 6.45) is 1.56. The molecule has 2 rings (SSSR count). The number of benzene rings is 1. The molecule has 1 heterocycles. The minimum atomic E-state index is -0.746. The molecule has 8 nitrogen and oxygen atoms in total. The fourth-order valence-electron chi connectivity index (χ4n) is 2.00. The second-order valence-electron chi connectivity index (χ2n) is 4.72. The van der Waals surface area contributed by atoms with Gasteiger partial charge in [0, 0.05) is 24.3 Å². The molecule has 0 radical (unpaired) electrons. The van der Waals surface area contributed by atoms with E-state index in [2.05, 4.69) is 10.0 Å². The zero-order valence-electron chi connectivity index (χ0n) is 11.8. The Morgan fingerprint density at radius 1 is 1.23 bits per heavy atom. The van der Waals surface area contributed by atoms with Crippen LogP contribution in [0.2, 0.25) is 0 Å². The Morgan fingerprint density at radius 2 is 1.86 bits per heavy atom. The molecule has 1 aliphatic rings. The van der Waals surface area contributed by atoms with Gasteiger partial charge in [0.15, 0.2) is 0 Å². The van der Waals surface area contributed by atoms with Gasteiger partial charge in [0.05, 0.1) is 5.56 Å². The van der Waals surface area contributed by atoms with E-state index in [1.807, 2.05) is 0 Å². The van der Waals surface area contributed by atoms with E-state index < -0.39 is 17.8 Å². The molecule has 0 unspecified atom stereocenters. The second-order valence-corrected chi connectivity index (χ2v) is 4.72. The fraction of sp³-hybridized carbons (Fsp3) is 0.357. The maximum Gasteiger partial charge on any atom is 0.363 e. The molecular formula is C14H14N4O4. The molecular weight excluding hydrogens is 288 g/mol. The third-order valence-electron chi connectivity index (χ3n) is 3.16. The van der Waals surface area contributed by atoms with Crippen LogP contribution in [0.3, 0.4) is 0 Å². The summed E-state index contributed by atoms with van der Waals surface area (Å²) in [4.78, 5) is 42.1. The molecule has 1 fully saturated rings. The first-order valence-electron chi connectivity index (χ1n) is 6.79. The first-order valence-corrected chi connectivity index (χ1v) is 6.79. The van der Waals surface area contributed by atoms with Gasteiger partial charge in [-0.15, -0.1) is 5.06 Å². The van der Waals surface area contributed by atoms with E-state index in [-0.39, 0.29) is 18.4 Å². The first kappa shape index (κ1) is 15.5. The number of nitrogens with zero attached hydrogens (tertiary/aromatic N) is 4. The normalized spacial score (nSPS) is 13.9. The number of aryl methyl sites for hydroxylation is 1. The second kappa shape index (κ2) is 7.24. The summed E-state index contributed by atoms with van der Waals surface area (Å²) in [6.45, 7) is 0.416. The zero-order chi connectivity index (χ0) is 15.9. The smallest absolute Gasteiger partial charge is 0.325 e. The van der Waals surface area contributed by atoms with Crippen LogP contribution in [-0.2, 0) is 20.8 Å². The van der Waals surface area contributed by atoms with Gasteiger partial charge < -0.3 is 4.84 Å². The molecule has 1 saturated heterocycles. The van der Waals surface area contributed by atoms with Crippen molar-refractivity contribution in [1.29, 1.82) is 0 Å². The van der Waals surface area contributed by atoms with Crippen molar-refractivity contribution in [2.24, 2.45) is 5.11 Å². The molecule has 0 N–H and O–H groups in total. The number of amides is 2. The Kier molecular flexibility index (Phi) is 5.11. The van der Waals surface area contributed by atoms with Gasteiger partial charge in [-0.2, -0.15) is 0 Å². The van der Waals surface area contributed by atoms with Crippen molar-refractivity contribution in [3.8, 4) is 0 Å². The molecule has 0 bridgehead atoms. The Bertz CT molecular complexity index is 619. The molecule has 114 valence electrons. The predicted octanol–water partition coefficient (Wildman–Crippen LogP) is 2.15. The molecule has 0 spiro atoms. The summed E-state index contributed by atoms with van der Waals surface area (Å²) in [5.41, 5.74) is 9.41. The van der Waals surface area contributed by atoms with Crippen LogP contribution in [0.25, 0.3) is 10.4 Å². The standard InChI is InChI=1S/C14H14N4O4/c15-17-16-9-1-2-10-3-5-11(6-4-10)14(21)22-18-12(19)7-8-13(18)20/h3-6H,1-2,7-9H2. The van der Waals surface area contributed by atoms with Crippen LogP contribution < -0.4 is 0 Å². The molecule has 0 aliphatic carbocycles. The average Bonchev–Trinajstić information content (AvgIpc) is 2.84. The van der Waals surface area contributed by atoms with Crippen LogP contribution in [0.15, 0.2) is 29.4 Å². The molecule has 8 heteroatoms. The fourth-order valence-corrected chi connectivity index (χ4v) is 2.00. The van der Waals surface area contributed by atoms with Crippen molar-refractivity contribution in [2.45, 2.75) is 25.7 Å². The van der Waals surface area contributed by atoms with Crippen LogP contribution in [0, 0.1) is 0 Å². The number of carbonyl (C=O) groups is 3. The monoisotopic (exact) mass is 302 g/mol. The molecule has 22 heavy (non-hydrogen) atoms. The third-order valence-corrected chi connectivity index (χ3v) is 3.16. The van der Waals surface area contributed by atoms with E-state index >= 15 is 0 Å². The van der Waals surface area contributed by atoms with Crippen molar-refractivity contribution in [3.05, 3.63) is 45.8 Å². The minimum Gasteiger partial charge on any atom is -0.325 e. The predicted molar refractivity (Wildman–Crippen MR) is 75.3 cm³/mol. The van der Waals surface area contributed by atoms with E-state index in [0.29, 0.717) is 18.0 Å². The topological polar surface area (TPSA) is 112 Å². The average molecular weight is 302 g/mol. The van der Waals surface area contributed by atoms with Crippen molar-refractivity contribution >= 4 is 17.8 Å². The van der Waals surface area contributed by atoms with Crippen LogP contribution in [0.5, 0.6) is 0 Å². The van der Waals surface area contributed by atoms with Crippen LogP contribution in [-0.4, -0.2) is 29.4 Å². The molecule has 1 aliphatic heterocycles. The highest BCUT2D eigenvalue weighted by Crippen LogP contribution is 2.15. The number of azide groups is 1. The van der Waals surface area contributed by atoms with Gasteiger partial charge >= 0.3 is 5.97 Å². The molecule has 0 aromatic heterocycles. The van der Waals surface area contributed by atoms with Gasteiger partial charge in [-0.25, -0.2) is 4.79 Å². The van der Waals surface area contributed by atoms with Crippen LogP contribution in [0.4, 0.5) is 0 Å². The van der Waals surface area contributed by atoms with Crippen molar-refractivity contribution < 1.29 is 19.2 Å². The number of hydrogen-bond donors (Lipinski definition) is 0. The van der Waals surface area contributed by atoms with E-state index in [1.54, 1.807) is 24.3 Å². The Balaban J connectivity index is 1.92. The van der Waals surface area contributed by atoms with Gasteiger partial charge in [0.1, 0.15) is 0 Å². The quantitative estimate of drug-likeness (QED) is 0.263. The number of carbonyl (C=O) groups excluding carboxylic acids is 3. The maximum absolute atomic E-state index is 11.9. The van der Waals surface area contributed by atoms with E-state index in [1.165, 1.54) is 0 Å². The summed E-state index contributed by atoms with van der Waals surface area (Å²) in [6, 6.07) is 6.63. The summed E-state index contributed by atoms with van der Waals surface area (Å²) in [5, 5.41) is 3.97. The number of hydrogen-bond acceptors (Lipinski definition) is 5. The summed E-state index contributed by atoms with van der Waals surface area (Å²) < 4.78 is 0. The first-order chi connectivity index (χ1) is 10.6. The Morgan fingerprint density at radius 3 is 2.45 bits per heavy atom. The summed E-state index contributed by atoms with van der Waals surface area (Å²) in [5.74, 6) is -1.76. The van der Waals surface area contributed by atoms with Crippen molar-refractivity contribution in [1.82, 2.24) is 5.06 Å². The van der Waals surface area contributed by atoms with Gasteiger partial charge in [-0.1, -0.05) is 17.2 Å². The van der Waals surface area contributed by atoms with Crippen molar-refractivity contribution in [3.63, 3.8) is 0 Å². The highest BCUT2D eigenvalue weighted by atomic mass is 16.7. The molecule has 0 saturated carbocycles. The Hall–Kier alpha value is -2.86. The third kappa shape index (κ3) is 3.83. The van der Waals surface area contributed by atoms with Gasteiger partial charge in [-0.05, 0) is 36.1 Å². The maximum atomic E-state index is 11.9. The largest absolute Gasteiger partial charge is 0.363 e. The van der Waals surface area contributed by atoms with Crippen LogP contribution in [0.1, 0.15) is 35.2 Å². The van der Waals surface area contributed by atoms with Gasteiger partial charge in [0.25, 0.3) is 11.8 Å². The van der Waals surface area contributed by atoms with Crippen LogP contribution >= 0.6 is 0 Å². The van der Waals surface area contributed by atoms with E-state index in [9.17, 15) is 14.4 Å². The number of imide groups is 1. The summed E-state index contributed by atoms with van der Waals surface area (Å²) >= 11 is 0. The lowest BCUT2D eigenvalue weighted by atomic mass is 10.1. The molecule has 2 amide bonds. The highest BCUT2D eigenvalue weighted by molar-refractivity contribution is 6.02. The molecule has 0 atom stereocenters. The highest BCUT2D eigenvalue weighted by Gasteiger charge is 2.33. The van der Waals surface area contributed by atoms with Gasteiger partial charge in [-0.3, -0.25) is 9.59 Å². The minimum absolute atomic E-state index is 0.0657. The SMILES string of the molecule is [N-]=[N+]=NCCCc1ccc(C(=O)ON2C(=O)CCC2=O)cc1. The zero-order valence-corrected chi connectivity index (χ0v) is 11.8. The molecule has 1 aromatic carbocycles. The van der Waals surface area contributed by atoms with Gasteiger partial charge in [0.2, 0.25) is 0 Å². The number of rotatable bonds is 6. The van der Waals surface area contributed by atoms with Crippen molar-refractivity contribution in [2.75, 3.05) is 6.54 Å².